The molecule has 1 aliphatic heterocycles. The lowest BCUT2D eigenvalue weighted by molar-refractivity contribution is -0.122. The van der Waals surface area contributed by atoms with Crippen molar-refractivity contribution in [3.05, 3.63) is 0 Å². The zero-order chi connectivity index (χ0) is 12.0. The molecule has 1 aliphatic rings. The quantitative estimate of drug-likeness (QED) is 0.776. The van der Waals surface area contributed by atoms with Gasteiger partial charge in [0.1, 0.15) is 0 Å². The van der Waals surface area contributed by atoms with Crippen LogP contribution in [0.4, 0.5) is 0 Å². The third-order valence-electron chi connectivity index (χ3n) is 3.36. The maximum absolute atomic E-state index is 11.6. The highest BCUT2D eigenvalue weighted by molar-refractivity contribution is 5.76. The van der Waals surface area contributed by atoms with Crippen molar-refractivity contribution in [1.29, 1.82) is 0 Å². The molecule has 0 aromatic rings. The van der Waals surface area contributed by atoms with Gasteiger partial charge in [-0.1, -0.05) is 13.8 Å². The number of hydrogen-bond donors (Lipinski definition) is 1. The minimum Gasteiger partial charge on any atom is -0.356 e. The standard InChI is InChI=1S/C13H26N2O/c1-11(2)4-7-14-13(16)10-12-5-8-15(3)9-6-12/h11-12H,4-10H2,1-3H3,(H,14,16). The van der Waals surface area contributed by atoms with E-state index in [2.05, 4.69) is 31.1 Å². The van der Waals surface area contributed by atoms with Gasteiger partial charge in [0, 0.05) is 13.0 Å². The van der Waals surface area contributed by atoms with Crippen LogP contribution >= 0.6 is 0 Å². The number of carbonyl (C=O) groups is 1. The molecule has 0 atom stereocenters. The first-order valence-corrected chi connectivity index (χ1v) is 6.53. The van der Waals surface area contributed by atoms with Crippen LogP contribution in [0.25, 0.3) is 0 Å². The van der Waals surface area contributed by atoms with E-state index < -0.39 is 0 Å². The highest BCUT2D eigenvalue weighted by Gasteiger charge is 2.19. The van der Waals surface area contributed by atoms with Crippen molar-refractivity contribution < 1.29 is 4.79 Å². The molecule has 1 N–H and O–H groups in total. The van der Waals surface area contributed by atoms with E-state index in [0.717, 1.165) is 32.5 Å². The third kappa shape index (κ3) is 5.50. The molecule has 1 rings (SSSR count). The van der Waals surface area contributed by atoms with E-state index in [-0.39, 0.29) is 5.91 Å². The van der Waals surface area contributed by atoms with Crippen molar-refractivity contribution in [2.45, 2.75) is 39.5 Å². The number of piperidine rings is 1. The molecular formula is C13H26N2O. The molecule has 1 heterocycles. The first kappa shape index (κ1) is 13.5. The highest BCUT2D eigenvalue weighted by Crippen LogP contribution is 2.19. The molecule has 0 aromatic heterocycles. The van der Waals surface area contributed by atoms with E-state index in [1.54, 1.807) is 0 Å². The molecular weight excluding hydrogens is 200 g/mol. The highest BCUT2D eigenvalue weighted by atomic mass is 16.1. The van der Waals surface area contributed by atoms with Gasteiger partial charge in [-0.05, 0) is 51.2 Å². The van der Waals surface area contributed by atoms with E-state index in [0.29, 0.717) is 11.8 Å². The van der Waals surface area contributed by atoms with Crippen molar-refractivity contribution >= 4 is 5.91 Å². The summed E-state index contributed by atoms with van der Waals surface area (Å²) in [4.78, 5) is 14.0. The zero-order valence-electron chi connectivity index (χ0n) is 11.0. The summed E-state index contributed by atoms with van der Waals surface area (Å²) in [7, 11) is 2.15. The van der Waals surface area contributed by atoms with Gasteiger partial charge in [-0.15, -0.1) is 0 Å². The number of nitrogens with zero attached hydrogens (tertiary/aromatic N) is 1. The molecule has 1 saturated heterocycles. The number of carbonyl (C=O) groups excluding carboxylic acids is 1. The number of nitrogens with one attached hydrogen (secondary N) is 1. The van der Waals surface area contributed by atoms with Crippen LogP contribution in [0.15, 0.2) is 0 Å². The molecule has 16 heavy (non-hydrogen) atoms. The first-order valence-electron chi connectivity index (χ1n) is 6.53. The predicted molar refractivity (Wildman–Crippen MR) is 67.3 cm³/mol. The molecule has 0 bridgehead atoms. The molecule has 3 nitrogen and oxygen atoms in total. The Balaban J connectivity index is 2.09. The van der Waals surface area contributed by atoms with Crippen molar-refractivity contribution in [1.82, 2.24) is 10.2 Å². The molecule has 1 fully saturated rings. The summed E-state index contributed by atoms with van der Waals surface area (Å²) in [6, 6.07) is 0. The number of amides is 1. The van der Waals surface area contributed by atoms with Gasteiger partial charge in [-0.3, -0.25) is 4.79 Å². The number of rotatable bonds is 5. The molecule has 0 unspecified atom stereocenters. The maximum atomic E-state index is 11.6. The van der Waals surface area contributed by atoms with Crippen LogP contribution in [-0.4, -0.2) is 37.5 Å². The minimum absolute atomic E-state index is 0.246. The lowest BCUT2D eigenvalue weighted by Gasteiger charge is -2.28. The maximum Gasteiger partial charge on any atom is 0.220 e. The van der Waals surface area contributed by atoms with Crippen LogP contribution in [0.5, 0.6) is 0 Å². The van der Waals surface area contributed by atoms with E-state index in [1.165, 1.54) is 12.8 Å². The predicted octanol–water partition coefficient (Wildman–Crippen LogP) is 1.88. The Labute approximate surface area is 99.6 Å². The molecule has 1 amide bonds. The Kier molecular flexibility index (Phi) is 5.81. The minimum atomic E-state index is 0.246. The summed E-state index contributed by atoms with van der Waals surface area (Å²) in [5.74, 6) is 1.52. The molecule has 0 radical (unpaired) electrons. The normalized spacial score (nSPS) is 19.0. The summed E-state index contributed by atoms with van der Waals surface area (Å²) in [6.45, 7) is 7.49. The van der Waals surface area contributed by atoms with Crippen LogP contribution in [0, 0.1) is 11.8 Å². The lowest BCUT2D eigenvalue weighted by Crippen LogP contribution is -2.34. The smallest absolute Gasteiger partial charge is 0.220 e. The Morgan fingerprint density at radius 1 is 1.38 bits per heavy atom. The van der Waals surface area contributed by atoms with Crippen LogP contribution in [-0.2, 0) is 4.79 Å². The molecule has 0 aromatic carbocycles. The second kappa shape index (κ2) is 6.89. The largest absolute Gasteiger partial charge is 0.356 e. The Morgan fingerprint density at radius 3 is 2.56 bits per heavy atom. The van der Waals surface area contributed by atoms with E-state index in [4.69, 9.17) is 0 Å². The van der Waals surface area contributed by atoms with Gasteiger partial charge in [0.2, 0.25) is 5.91 Å². The summed E-state index contributed by atoms with van der Waals surface area (Å²) in [6.07, 6.45) is 4.16. The van der Waals surface area contributed by atoms with Crippen molar-refractivity contribution in [3.63, 3.8) is 0 Å². The van der Waals surface area contributed by atoms with Gasteiger partial charge in [-0.25, -0.2) is 0 Å². The van der Waals surface area contributed by atoms with E-state index in [9.17, 15) is 4.79 Å². The summed E-state index contributed by atoms with van der Waals surface area (Å²) in [5, 5.41) is 3.02. The summed E-state index contributed by atoms with van der Waals surface area (Å²) >= 11 is 0. The molecule has 94 valence electrons. The summed E-state index contributed by atoms with van der Waals surface area (Å²) < 4.78 is 0. The van der Waals surface area contributed by atoms with Crippen molar-refractivity contribution in [2.24, 2.45) is 11.8 Å². The number of likely N-dealkylation sites (tertiary alicyclic amines) is 1. The van der Waals surface area contributed by atoms with Crippen LogP contribution in [0.1, 0.15) is 39.5 Å². The molecule has 0 spiro atoms. The van der Waals surface area contributed by atoms with Gasteiger partial charge in [0.15, 0.2) is 0 Å². The SMILES string of the molecule is CC(C)CCNC(=O)CC1CCN(C)CC1. The topological polar surface area (TPSA) is 32.3 Å². The van der Waals surface area contributed by atoms with Gasteiger partial charge >= 0.3 is 0 Å². The second-order valence-corrected chi connectivity index (χ2v) is 5.48. The van der Waals surface area contributed by atoms with Crippen molar-refractivity contribution in [3.8, 4) is 0 Å². The van der Waals surface area contributed by atoms with Gasteiger partial charge < -0.3 is 10.2 Å². The van der Waals surface area contributed by atoms with E-state index >= 15 is 0 Å². The third-order valence-corrected chi connectivity index (χ3v) is 3.36. The van der Waals surface area contributed by atoms with Crippen LogP contribution in [0.2, 0.25) is 0 Å². The van der Waals surface area contributed by atoms with Gasteiger partial charge in [0.25, 0.3) is 0 Å². The van der Waals surface area contributed by atoms with Gasteiger partial charge in [0.05, 0.1) is 0 Å². The summed E-state index contributed by atoms with van der Waals surface area (Å²) in [5.41, 5.74) is 0. The van der Waals surface area contributed by atoms with Crippen LogP contribution < -0.4 is 5.32 Å². The molecule has 0 aliphatic carbocycles. The second-order valence-electron chi connectivity index (χ2n) is 5.48. The Bertz CT molecular complexity index is 208. The molecule has 0 saturated carbocycles. The monoisotopic (exact) mass is 226 g/mol. The Hall–Kier alpha value is -0.570. The van der Waals surface area contributed by atoms with Crippen molar-refractivity contribution in [2.75, 3.05) is 26.7 Å². The first-order chi connectivity index (χ1) is 7.58. The van der Waals surface area contributed by atoms with Crippen LogP contribution in [0.3, 0.4) is 0 Å². The molecule has 3 heteroatoms. The fraction of sp³-hybridized carbons (Fsp3) is 0.923. The van der Waals surface area contributed by atoms with E-state index in [1.807, 2.05) is 0 Å². The zero-order valence-corrected chi connectivity index (χ0v) is 11.0. The average molecular weight is 226 g/mol. The van der Waals surface area contributed by atoms with Gasteiger partial charge in [-0.2, -0.15) is 0 Å². The lowest BCUT2D eigenvalue weighted by atomic mass is 9.93. The number of hydrogen-bond acceptors (Lipinski definition) is 2. The fourth-order valence-corrected chi connectivity index (χ4v) is 2.10. The fourth-order valence-electron chi connectivity index (χ4n) is 2.10. The Morgan fingerprint density at radius 2 is 2.00 bits per heavy atom. The average Bonchev–Trinajstić information content (AvgIpc) is 2.21.